The van der Waals surface area contributed by atoms with Crippen LogP contribution in [0.2, 0.25) is 0 Å². The molecule has 0 heterocycles. The summed E-state index contributed by atoms with van der Waals surface area (Å²) in [5, 5.41) is 0. The molecule has 0 aromatic carbocycles. The Kier molecular flexibility index (Phi) is 122. The Morgan fingerprint density at radius 3 is 1.00 bits per heavy atom. The second kappa shape index (κ2) is 17.0. The Bertz CT molecular complexity index is 8.00. The van der Waals surface area contributed by atoms with E-state index in [2.05, 4.69) is 0 Å². The van der Waals surface area contributed by atoms with Gasteiger partial charge in [-0.1, -0.05) is 0 Å². The first kappa shape index (κ1) is 28.9. The van der Waals surface area contributed by atoms with E-state index in [1.807, 2.05) is 0 Å². The summed E-state index contributed by atoms with van der Waals surface area (Å²) in [4.78, 5) is 0. The van der Waals surface area contributed by atoms with Crippen molar-refractivity contribution in [3.63, 3.8) is 0 Å². The van der Waals surface area contributed by atoms with Crippen LogP contribution in [0.15, 0.2) is 0 Å². The van der Waals surface area contributed by atoms with Gasteiger partial charge >= 0.3 is 0 Å². The molecule has 4 heteroatoms. The van der Waals surface area contributed by atoms with Crippen molar-refractivity contribution in [2.45, 2.75) is 0 Å². The van der Waals surface area contributed by atoms with Crippen LogP contribution in [0.4, 0.5) is 0 Å². The molecule has 0 saturated carbocycles. The van der Waals surface area contributed by atoms with E-state index in [1.54, 1.807) is 0 Å². The summed E-state index contributed by atoms with van der Waals surface area (Å²) in [5.74, 6) is 0. The molecule has 2 radical (unpaired) electrons. The Morgan fingerprint density at radius 1 is 1.00 bits per heavy atom. The van der Waals surface area contributed by atoms with Gasteiger partial charge in [-0.3, -0.25) is 0 Å². The monoisotopic (exact) mass is 484 g/mol. The standard InChI is InChI=1S/Ir.Mo.Rh.Zr. The van der Waals surface area contributed by atoms with E-state index in [0.717, 1.165) is 0 Å². The third-order valence-corrected chi connectivity index (χ3v) is 0. The van der Waals surface area contributed by atoms with Crippen molar-refractivity contribution in [1.29, 1.82) is 0 Å². The molecule has 28 valence electrons. The van der Waals surface area contributed by atoms with Crippen LogP contribution in [0.5, 0.6) is 0 Å². The summed E-state index contributed by atoms with van der Waals surface area (Å²) in [6, 6.07) is 0. The molecule has 0 aliphatic heterocycles. The van der Waals surface area contributed by atoms with Crippen LogP contribution in [-0.4, -0.2) is 0 Å². The zero-order chi connectivity index (χ0) is 0. The van der Waals surface area contributed by atoms with Crippen molar-refractivity contribution in [2.24, 2.45) is 0 Å². The van der Waals surface area contributed by atoms with Crippen LogP contribution in [0, 0.1) is 0 Å². The van der Waals surface area contributed by atoms with Crippen LogP contribution in [0.25, 0.3) is 0 Å². The maximum absolute atomic E-state index is 0. The molecule has 0 spiro atoms. The molecule has 0 bridgehead atoms. The smallest absolute Gasteiger partial charge is 0 e. The molecule has 0 fully saturated rings. The van der Waals surface area contributed by atoms with Crippen molar-refractivity contribution in [1.82, 2.24) is 0 Å². The molecule has 0 aliphatic rings. The first-order valence-corrected chi connectivity index (χ1v) is 0. The van der Waals surface area contributed by atoms with Crippen LogP contribution in [-0.2, 0) is 86.9 Å². The molecule has 0 aromatic rings. The third-order valence-electron chi connectivity index (χ3n) is 0. The summed E-state index contributed by atoms with van der Waals surface area (Å²) in [6.45, 7) is 0. The molecular formula is IrMoRhZr. The average molecular weight is 482 g/mol. The topological polar surface area (TPSA) is 0 Å². The summed E-state index contributed by atoms with van der Waals surface area (Å²) in [5.41, 5.74) is 0. The fourth-order valence-corrected chi connectivity index (χ4v) is 0. The summed E-state index contributed by atoms with van der Waals surface area (Å²) < 4.78 is 0. The Labute approximate surface area is 85.4 Å². The average Bonchev–Trinajstić information content (AvgIpc) is 0. The molecule has 0 atom stereocenters. The molecule has 0 aromatic heterocycles. The van der Waals surface area contributed by atoms with E-state index in [4.69, 9.17) is 0 Å². The minimum Gasteiger partial charge on any atom is 0 e. The van der Waals surface area contributed by atoms with Gasteiger partial charge in [-0.2, -0.15) is 0 Å². The van der Waals surface area contributed by atoms with Gasteiger partial charge in [0.15, 0.2) is 0 Å². The van der Waals surface area contributed by atoms with Gasteiger partial charge in [0.25, 0.3) is 0 Å². The van der Waals surface area contributed by atoms with Crippen molar-refractivity contribution in [3.05, 3.63) is 0 Å². The third kappa shape index (κ3) is 8.85. The maximum atomic E-state index is 0. The number of hydrogen-bond donors (Lipinski definition) is 0. The predicted octanol–water partition coefficient (Wildman–Crippen LogP) is -0.0100. The van der Waals surface area contributed by atoms with Gasteiger partial charge in [0.05, 0.1) is 0 Å². The van der Waals surface area contributed by atoms with Crippen molar-refractivity contribution in [3.8, 4) is 0 Å². The van der Waals surface area contributed by atoms with Crippen LogP contribution >= 0.6 is 0 Å². The van der Waals surface area contributed by atoms with E-state index in [-0.39, 0.29) is 86.9 Å². The van der Waals surface area contributed by atoms with Crippen molar-refractivity contribution in [2.75, 3.05) is 0 Å². The van der Waals surface area contributed by atoms with E-state index in [1.165, 1.54) is 0 Å². The Balaban J connectivity index is 0. The molecule has 0 aliphatic carbocycles. The first-order chi connectivity index (χ1) is 0. The van der Waals surface area contributed by atoms with E-state index in [0.29, 0.717) is 0 Å². The van der Waals surface area contributed by atoms with E-state index < -0.39 is 0 Å². The van der Waals surface area contributed by atoms with Gasteiger partial charge in [0.1, 0.15) is 0 Å². The number of rotatable bonds is 0. The van der Waals surface area contributed by atoms with Gasteiger partial charge in [0.2, 0.25) is 0 Å². The molecule has 0 nitrogen and oxygen atoms in total. The Morgan fingerprint density at radius 2 is 1.00 bits per heavy atom. The largest absolute Gasteiger partial charge is 0 e. The molecular weight excluding hydrogens is 482 g/mol. The van der Waals surface area contributed by atoms with Gasteiger partial charge in [-0.25, -0.2) is 0 Å². The van der Waals surface area contributed by atoms with Crippen LogP contribution in [0.1, 0.15) is 0 Å². The molecule has 4 heavy (non-hydrogen) atoms. The molecule has 0 saturated heterocycles. The maximum Gasteiger partial charge on any atom is 0 e. The predicted molar refractivity (Wildman–Crippen MR) is 0 cm³/mol. The minimum absolute atomic E-state index is 0. The quantitative estimate of drug-likeness (QED) is 0.427. The normalized spacial score (nSPS) is 0. The molecule has 0 amide bonds. The van der Waals surface area contributed by atoms with Gasteiger partial charge in [0, 0.05) is 86.9 Å². The summed E-state index contributed by atoms with van der Waals surface area (Å²) in [6.07, 6.45) is 0. The van der Waals surface area contributed by atoms with Crippen LogP contribution in [0.3, 0.4) is 0 Å². The minimum atomic E-state index is 0. The fraction of sp³-hybridized carbons (Fsp3) is 0. The van der Waals surface area contributed by atoms with Gasteiger partial charge in [-0.15, -0.1) is 0 Å². The van der Waals surface area contributed by atoms with Crippen LogP contribution < -0.4 is 0 Å². The second-order valence-corrected chi connectivity index (χ2v) is 0. The number of hydrogen-bond acceptors (Lipinski definition) is 0. The van der Waals surface area contributed by atoms with E-state index >= 15 is 0 Å². The van der Waals surface area contributed by atoms with Crippen molar-refractivity contribution < 1.29 is 86.9 Å². The zero-order valence-corrected chi connectivity index (χ0v) is 10.1. The van der Waals surface area contributed by atoms with E-state index in [9.17, 15) is 0 Å². The SMILES string of the molecule is [Ir].[Mo].[Rh].[Zr]. The summed E-state index contributed by atoms with van der Waals surface area (Å²) >= 11 is 0. The van der Waals surface area contributed by atoms with Crippen molar-refractivity contribution >= 4 is 0 Å². The Hall–Kier alpha value is 2.84. The molecule has 0 N–H and O–H groups in total. The first-order valence-electron chi connectivity index (χ1n) is 0. The molecule has 0 rings (SSSR count). The summed E-state index contributed by atoms with van der Waals surface area (Å²) in [7, 11) is 0. The van der Waals surface area contributed by atoms with Gasteiger partial charge < -0.3 is 0 Å². The fourth-order valence-electron chi connectivity index (χ4n) is 0. The second-order valence-electron chi connectivity index (χ2n) is 0. The zero-order valence-electron chi connectivity index (χ0n) is 1.57. The van der Waals surface area contributed by atoms with Gasteiger partial charge in [-0.05, 0) is 0 Å². The molecule has 0 unspecified atom stereocenters.